The molecule has 0 saturated carbocycles. The molecular weight excluding hydrogens is 304 g/mol. The van der Waals surface area contributed by atoms with Gasteiger partial charge in [0, 0.05) is 13.1 Å². The summed E-state index contributed by atoms with van der Waals surface area (Å²) in [5.74, 6) is 0.125. The predicted octanol–water partition coefficient (Wildman–Crippen LogP) is 3.51. The highest BCUT2D eigenvalue weighted by Crippen LogP contribution is 2.21. The predicted molar refractivity (Wildman–Crippen MR) is 89.8 cm³/mol. The average molecular weight is 322 g/mol. The highest BCUT2D eigenvalue weighted by atomic mass is 16.5. The van der Waals surface area contributed by atoms with Crippen molar-refractivity contribution in [2.24, 2.45) is 0 Å². The fraction of sp³-hybridized carbons (Fsp3) is 0.158. The largest absolute Gasteiger partial charge is 0.471 e. The van der Waals surface area contributed by atoms with Gasteiger partial charge in [0.15, 0.2) is 0 Å². The van der Waals surface area contributed by atoms with E-state index in [1.54, 1.807) is 4.68 Å². The van der Waals surface area contributed by atoms with Gasteiger partial charge >= 0.3 is 5.97 Å². The maximum atomic E-state index is 11.1. The van der Waals surface area contributed by atoms with Gasteiger partial charge in [-0.15, -0.1) is 5.10 Å². The zero-order valence-electron chi connectivity index (χ0n) is 13.4. The fourth-order valence-corrected chi connectivity index (χ4v) is 2.23. The van der Waals surface area contributed by atoms with E-state index in [4.69, 9.17) is 9.47 Å². The van der Waals surface area contributed by atoms with Crippen LogP contribution in [-0.2, 0) is 22.7 Å². The standard InChI is InChI=1S/C19H18N2O3/c1-15(22)23-14-17-12-21(18-10-6-3-7-11-18)20-19(17)24-13-16-8-4-2-5-9-16/h2-12H,13-14H2,1H3. The topological polar surface area (TPSA) is 53.4 Å². The molecule has 3 aromatic rings. The summed E-state index contributed by atoms with van der Waals surface area (Å²) in [5.41, 5.74) is 2.69. The lowest BCUT2D eigenvalue weighted by Crippen LogP contribution is -2.01. The maximum Gasteiger partial charge on any atom is 0.302 e. The van der Waals surface area contributed by atoms with Gasteiger partial charge in [0.2, 0.25) is 5.88 Å². The lowest BCUT2D eigenvalue weighted by atomic mass is 10.2. The molecule has 0 atom stereocenters. The molecule has 3 rings (SSSR count). The van der Waals surface area contributed by atoms with E-state index in [-0.39, 0.29) is 12.6 Å². The summed E-state index contributed by atoms with van der Waals surface area (Å²) in [4.78, 5) is 11.1. The number of nitrogens with zero attached hydrogens (tertiary/aromatic N) is 2. The first-order valence-electron chi connectivity index (χ1n) is 7.66. The van der Waals surface area contributed by atoms with Gasteiger partial charge < -0.3 is 9.47 Å². The summed E-state index contributed by atoms with van der Waals surface area (Å²) in [6.07, 6.45) is 1.82. The van der Waals surface area contributed by atoms with E-state index in [1.807, 2.05) is 66.9 Å². The first-order valence-corrected chi connectivity index (χ1v) is 7.66. The number of ether oxygens (including phenoxy) is 2. The van der Waals surface area contributed by atoms with Gasteiger partial charge in [0.25, 0.3) is 0 Å². The van der Waals surface area contributed by atoms with Crippen LogP contribution >= 0.6 is 0 Å². The van der Waals surface area contributed by atoms with Crippen molar-refractivity contribution in [2.75, 3.05) is 0 Å². The van der Waals surface area contributed by atoms with Crippen molar-refractivity contribution in [1.82, 2.24) is 9.78 Å². The Hall–Kier alpha value is -3.08. The second-order valence-electron chi connectivity index (χ2n) is 5.29. The third kappa shape index (κ3) is 4.01. The number of esters is 1. The van der Waals surface area contributed by atoms with E-state index >= 15 is 0 Å². The Kier molecular flexibility index (Phi) is 4.91. The van der Waals surface area contributed by atoms with Crippen molar-refractivity contribution >= 4 is 5.97 Å². The number of hydrogen-bond acceptors (Lipinski definition) is 4. The number of hydrogen-bond donors (Lipinski definition) is 0. The smallest absolute Gasteiger partial charge is 0.302 e. The maximum absolute atomic E-state index is 11.1. The van der Waals surface area contributed by atoms with Gasteiger partial charge in [-0.25, -0.2) is 4.68 Å². The van der Waals surface area contributed by atoms with Crippen LogP contribution in [0.1, 0.15) is 18.1 Å². The van der Waals surface area contributed by atoms with Gasteiger partial charge in [-0.3, -0.25) is 4.79 Å². The van der Waals surface area contributed by atoms with E-state index in [0.29, 0.717) is 12.5 Å². The van der Waals surface area contributed by atoms with Gasteiger partial charge in [-0.2, -0.15) is 0 Å². The minimum absolute atomic E-state index is 0.131. The number of benzene rings is 2. The van der Waals surface area contributed by atoms with Crippen molar-refractivity contribution in [3.63, 3.8) is 0 Å². The summed E-state index contributed by atoms with van der Waals surface area (Å²) in [6, 6.07) is 19.6. The number of carbonyl (C=O) groups is 1. The Labute approximate surface area is 140 Å². The Morgan fingerprint density at radius 1 is 1.00 bits per heavy atom. The van der Waals surface area contributed by atoms with Crippen molar-refractivity contribution in [2.45, 2.75) is 20.1 Å². The molecule has 0 N–H and O–H groups in total. The lowest BCUT2D eigenvalue weighted by molar-refractivity contribution is -0.142. The second kappa shape index (κ2) is 7.46. The van der Waals surface area contributed by atoms with Crippen LogP contribution < -0.4 is 4.74 Å². The zero-order chi connectivity index (χ0) is 16.8. The molecule has 1 heterocycles. The molecule has 24 heavy (non-hydrogen) atoms. The molecule has 0 unspecified atom stereocenters. The second-order valence-corrected chi connectivity index (χ2v) is 5.29. The molecule has 0 aliphatic carbocycles. The van der Waals surface area contributed by atoms with Crippen LogP contribution in [-0.4, -0.2) is 15.7 Å². The molecule has 2 aromatic carbocycles. The zero-order valence-corrected chi connectivity index (χ0v) is 13.4. The molecule has 0 fully saturated rings. The third-order valence-electron chi connectivity index (χ3n) is 3.42. The Balaban J connectivity index is 1.82. The SMILES string of the molecule is CC(=O)OCc1cn(-c2ccccc2)nc1OCc1ccccc1. The van der Waals surface area contributed by atoms with Crippen LogP contribution in [0.4, 0.5) is 0 Å². The summed E-state index contributed by atoms with van der Waals surface area (Å²) >= 11 is 0. The summed E-state index contributed by atoms with van der Waals surface area (Å²) in [6.45, 7) is 1.91. The molecule has 0 saturated heterocycles. The minimum Gasteiger partial charge on any atom is -0.471 e. The molecule has 0 spiro atoms. The molecule has 122 valence electrons. The molecule has 0 bridgehead atoms. The summed E-state index contributed by atoms with van der Waals surface area (Å²) in [5, 5.41) is 4.48. The van der Waals surface area contributed by atoms with Crippen molar-refractivity contribution in [3.05, 3.63) is 78.0 Å². The van der Waals surface area contributed by atoms with Crippen molar-refractivity contribution < 1.29 is 14.3 Å². The Morgan fingerprint density at radius 2 is 1.67 bits per heavy atom. The average Bonchev–Trinajstić information content (AvgIpc) is 3.03. The number of rotatable bonds is 6. The Bertz CT molecular complexity index is 798. The summed E-state index contributed by atoms with van der Waals surface area (Å²) < 4.78 is 12.7. The van der Waals surface area contributed by atoms with Crippen LogP contribution in [0.5, 0.6) is 5.88 Å². The third-order valence-corrected chi connectivity index (χ3v) is 3.42. The molecule has 0 aliphatic heterocycles. The molecule has 5 nitrogen and oxygen atoms in total. The van der Waals surface area contributed by atoms with Crippen LogP contribution in [0.3, 0.4) is 0 Å². The lowest BCUT2D eigenvalue weighted by Gasteiger charge is -2.06. The fourth-order valence-electron chi connectivity index (χ4n) is 2.23. The van der Waals surface area contributed by atoms with Gasteiger partial charge in [0.1, 0.15) is 13.2 Å². The normalized spacial score (nSPS) is 10.4. The van der Waals surface area contributed by atoms with E-state index in [9.17, 15) is 4.79 Å². The van der Waals surface area contributed by atoms with E-state index in [1.165, 1.54) is 6.92 Å². The van der Waals surface area contributed by atoms with Gasteiger partial charge in [-0.05, 0) is 17.7 Å². The van der Waals surface area contributed by atoms with Crippen molar-refractivity contribution in [1.29, 1.82) is 0 Å². The quantitative estimate of drug-likeness (QED) is 0.652. The number of para-hydroxylation sites is 1. The van der Waals surface area contributed by atoms with Crippen LogP contribution in [0.15, 0.2) is 66.9 Å². The van der Waals surface area contributed by atoms with E-state index in [0.717, 1.165) is 16.8 Å². The highest BCUT2D eigenvalue weighted by Gasteiger charge is 2.13. The van der Waals surface area contributed by atoms with Gasteiger partial charge in [0.05, 0.1) is 11.3 Å². The first-order chi connectivity index (χ1) is 11.7. The van der Waals surface area contributed by atoms with Crippen LogP contribution in [0, 0.1) is 0 Å². The van der Waals surface area contributed by atoms with Crippen molar-refractivity contribution in [3.8, 4) is 11.6 Å². The van der Waals surface area contributed by atoms with E-state index < -0.39 is 0 Å². The Morgan fingerprint density at radius 3 is 2.33 bits per heavy atom. The van der Waals surface area contributed by atoms with Crippen LogP contribution in [0.2, 0.25) is 0 Å². The van der Waals surface area contributed by atoms with E-state index in [2.05, 4.69) is 5.10 Å². The van der Waals surface area contributed by atoms with Gasteiger partial charge in [-0.1, -0.05) is 48.5 Å². The highest BCUT2D eigenvalue weighted by molar-refractivity contribution is 5.66. The van der Waals surface area contributed by atoms with Crippen LogP contribution in [0.25, 0.3) is 5.69 Å². The molecule has 0 radical (unpaired) electrons. The first kappa shape index (κ1) is 15.8. The molecule has 5 heteroatoms. The molecule has 1 aromatic heterocycles. The monoisotopic (exact) mass is 322 g/mol. The summed E-state index contributed by atoms with van der Waals surface area (Å²) in [7, 11) is 0. The number of carbonyl (C=O) groups excluding carboxylic acids is 1. The molecular formula is C19H18N2O3. The number of aromatic nitrogens is 2. The molecule has 0 aliphatic rings. The molecule has 0 amide bonds. The minimum atomic E-state index is -0.337.